The molecule has 3 atom stereocenters. The van der Waals surface area contributed by atoms with E-state index in [1.807, 2.05) is 0 Å². The summed E-state index contributed by atoms with van der Waals surface area (Å²) in [6.45, 7) is 2.21. The van der Waals surface area contributed by atoms with Gasteiger partial charge in [0.15, 0.2) is 11.8 Å². The Kier molecular flexibility index (Phi) is 5.38. The lowest BCUT2D eigenvalue weighted by Gasteiger charge is -2.22. The first-order valence-corrected chi connectivity index (χ1v) is 7.67. The maximum absolute atomic E-state index is 11.3. The monoisotopic (exact) mass is 279 g/mol. The van der Waals surface area contributed by atoms with Crippen LogP contribution in [-0.4, -0.2) is 28.9 Å². The fraction of sp³-hybridized carbons (Fsp3) is 0.688. The Bertz CT molecular complexity index is 391. The number of carbonyl (C=O) groups is 1. The van der Waals surface area contributed by atoms with Crippen LogP contribution in [0, 0.1) is 0 Å². The molecule has 0 spiro atoms. The predicted molar refractivity (Wildman–Crippen MR) is 78.0 cm³/mol. The van der Waals surface area contributed by atoms with Crippen LogP contribution in [0.3, 0.4) is 0 Å². The van der Waals surface area contributed by atoms with Gasteiger partial charge in [-0.2, -0.15) is 0 Å². The van der Waals surface area contributed by atoms with Crippen molar-refractivity contribution in [1.82, 2.24) is 5.32 Å². The molecular formula is C16H25NO3. The second-order valence-electron chi connectivity index (χ2n) is 5.60. The lowest BCUT2D eigenvalue weighted by atomic mass is 10.0. The number of nitrogens with one attached hydrogen (secondary N) is 1. The number of fused-ring (bicyclic) bond motifs is 1. The highest BCUT2D eigenvalue weighted by molar-refractivity contribution is 5.88. The van der Waals surface area contributed by atoms with Gasteiger partial charge in [-0.1, -0.05) is 44.1 Å². The molecular weight excluding hydrogens is 254 g/mol. The number of epoxide rings is 1. The van der Waals surface area contributed by atoms with E-state index >= 15 is 0 Å². The third kappa shape index (κ3) is 3.93. The maximum atomic E-state index is 11.3. The average molecular weight is 279 g/mol. The molecule has 0 aliphatic carbocycles. The number of allylic oxidation sites excluding steroid dienone is 4. The number of rotatable bonds is 9. The number of amides is 1. The molecule has 4 heteroatoms. The normalized spacial score (nSPS) is 32.0. The zero-order valence-corrected chi connectivity index (χ0v) is 12.2. The van der Waals surface area contributed by atoms with Crippen LogP contribution in [0.1, 0.15) is 51.9 Å². The van der Waals surface area contributed by atoms with Gasteiger partial charge >= 0.3 is 0 Å². The van der Waals surface area contributed by atoms with E-state index in [1.165, 1.54) is 19.3 Å². The van der Waals surface area contributed by atoms with Gasteiger partial charge in [0.1, 0.15) is 6.10 Å². The van der Waals surface area contributed by atoms with Gasteiger partial charge in [-0.25, -0.2) is 0 Å². The Hall–Kier alpha value is -1.13. The van der Waals surface area contributed by atoms with E-state index in [4.69, 9.17) is 4.74 Å². The fourth-order valence-corrected chi connectivity index (χ4v) is 2.56. The van der Waals surface area contributed by atoms with Crippen LogP contribution in [0.5, 0.6) is 0 Å². The number of unbranched alkanes of at least 4 members (excludes halogenated alkanes) is 3. The standard InChI is InChI=1S/C16H25NO3/c1-2-3-4-5-6-7-8-9-10-11-12-16(19)14-13(20-14)15(18)17-16/h6-7,9-10,13-14,19H,2-5,8,11-12H2,1H3,(H,17,18)/b7-6+,10-9+/t13-,14+,16-/m1/s1. The molecule has 20 heavy (non-hydrogen) atoms. The third-order valence-corrected chi connectivity index (χ3v) is 3.83. The zero-order valence-electron chi connectivity index (χ0n) is 12.2. The molecule has 0 aromatic heterocycles. The molecule has 2 fully saturated rings. The minimum absolute atomic E-state index is 0.184. The number of morpholine rings is 1. The van der Waals surface area contributed by atoms with Gasteiger partial charge in [0, 0.05) is 6.42 Å². The molecule has 2 aliphatic rings. The third-order valence-electron chi connectivity index (χ3n) is 3.83. The van der Waals surface area contributed by atoms with Gasteiger partial charge in [-0.15, -0.1) is 0 Å². The SMILES string of the molecule is CCCCC/C=C/C/C=C/CC[C@]1(O)NC(=O)[C@@H]2O[C@@H]21. The molecule has 2 heterocycles. The first-order chi connectivity index (χ1) is 9.67. The Labute approximate surface area is 120 Å². The molecule has 2 rings (SSSR count). The van der Waals surface area contributed by atoms with E-state index in [2.05, 4.69) is 36.5 Å². The Morgan fingerprint density at radius 2 is 2.00 bits per heavy atom. The minimum atomic E-state index is -1.15. The fourth-order valence-electron chi connectivity index (χ4n) is 2.56. The smallest absolute Gasteiger partial charge is 0.254 e. The van der Waals surface area contributed by atoms with E-state index in [9.17, 15) is 9.90 Å². The average Bonchev–Trinajstić information content (AvgIpc) is 3.18. The van der Waals surface area contributed by atoms with Crippen LogP contribution in [0.4, 0.5) is 0 Å². The van der Waals surface area contributed by atoms with Crippen molar-refractivity contribution in [2.24, 2.45) is 0 Å². The molecule has 4 nitrogen and oxygen atoms in total. The second-order valence-corrected chi connectivity index (χ2v) is 5.60. The molecule has 1 amide bonds. The summed E-state index contributed by atoms with van der Waals surface area (Å²) >= 11 is 0. The molecule has 2 saturated heterocycles. The van der Waals surface area contributed by atoms with Crippen molar-refractivity contribution < 1.29 is 14.6 Å². The van der Waals surface area contributed by atoms with Gasteiger partial charge in [0.05, 0.1) is 0 Å². The summed E-state index contributed by atoms with van der Waals surface area (Å²) in [5, 5.41) is 12.8. The van der Waals surface area contributed by atoms with Gasteiger partial charge in [0.25, 0.3) is 5.91 Å². The van der Waals surface area contributed by atoms with Crippen LogP contribution in [-0.2, 0) is 9.53 Å². The molecule has 0 unspecified atom stereocenters. The predicted octanol–water partition coefficient (Wildman–Crippen LogP) is 2.44. The van der Waals surface area contributed by atoms with Gasteiger partial charge in [-0.05, 0) is 25.7 Å². The molecule has 2 aliphatic heterocycles. The molecule has 0 saturated carbocycles. The lowest BCUT2D eigenvalue weighted by Crippen LogP contribution is -2.47. The number of hydrogen-bond donors (Lipinski definition) is 2. The highest BCUT2D eigenvalue weighted by Crippen LogP contribution is 2.39. The number of aliphatic hydroxyl groups is 1. The molecule has 0 aromatic carbocycles. The van der Waals surface area contributed by atoms with Gasteiger partial charge in [-0.3, -0.25) is 4.79 Å². The molecule has 0 radical (unpaired) electrons. The highest BCUT2D eigenvalue weighted by atomic mass is 16.6. The summed E-state index contributed by atoms with van der Waals surface area (Å²) in [6.07, 6.45) is 15.0. The van der Waals surface area contributed by atoms with E-state index in [0.717, 1.165) is 19.3 Å². The zero-order chi connectivity index (χ0) is 14.4. The van der Waals surface area contributed by atoms with Crippen molar-refractivity contribution in [2.45, 2.75) is 69.8 Å². The van der Waals surface area contributed by atoms with E-state index < -0.39 is 11.8 Å². The number of ether oxygens (including phenoxy) is 1. The van der Waals surface area contributed by atoms with Crippen molar-refractivity contribution in [1.29, 1.82) is 0 Å². The topological polar surface area (TPSA) is 61.9 Å². The lowest BCUT2D eigenvalue weighted by molar-refractivity contribution is -0.129. The Balaban J connectivity index is 1.55. The van der Waals surface area contributed by atoms with Crippen LogP contribution in [0.15, 0.2) is 24.3 Å². The van der Waals surface area contributed by atoms with E-state index in [0.29, 0.717) is 6.42 Å². The molecule has 112 valence electrons. The van der Waals surface area contributed by atoms with Gasteiger partial charge in [0.2, 0.25) is 0 Å². The highest BCUT2D eigenvalue weighted by Gasteiger charge is 2.64. The van der Waals surface area contributed by atoms with Crippen molar-refractivity contribution in [2.75, 3.05) is 0 Å². The second kappa shape index (κ2) is 7.04. The molecule has 0 bridgehead atoms. The number of hydrogen-bond acceptors (Lipinski definition) is 3. The van der Waals surface area contributed by atoms with Crippen molar-refractivity contribution in [3.63, 3.8) is 0 Å². The Morgan fingerprint density at radius 1 is 1.25 bits per heavy atom. The quantitative estimate of drug-likeness (QED) is 0.387. The van der Waals surface area contributed by atoms with Crippen LogP contribution >= 0.6 is 0 Å². The maximum Gasteiger partial charge on any atom is 0.254 e. The van der Waals surface area contributed by atoms with E-state index in [1.54, 1.807) is 0 Å². The van der Waals surface area contributed by atoms with Crippen LogP contribution < -0.4 is 5.32 Å². The van der Waals surface area contributed by atoms with Crippen molar-refractivity contribution >= 4 is 5.91 Å². The summed E-state index contributed by atoms with van der Waals surface area (Å²) in [7, 11) is 0. The van der Waals surface area contributed by atoms with Crippen LogP contribution in [0.25, 0.3) is 0 Å². The summed E-state index contributed by atoms with van der Waals surface area (Å²) in [5.74, 6) is -0.184. The molecule has 0 aromatic rings. The van der Waals surface area contributed by atoms with E-state index in [-0.39, 0.29) is 12.0 Å². The summed E-state index contributed by atoms with van der Waals surface area (Å²) in [4.78, 5) is 11.3. The van der Waals surface area contributed by atoms with Crippen molar-refractivity contribution in [3.05, 3.63) is 24.3 Å². The largest absolute Gasteiger partial charge is 0.368 e. The minimum Gasteiger partial charge on any atom is -0.368 e. The summed E-state index contributed by atoms with van der Waals surface area (Å²) < 4.78 is 5.13. The summed E-state index contributed by atoms with van der Waals surface area (Å²) in [6, 6.07) is 0. The van der Waals surface area contributed by atoms with Crippen LogP contribution in [0.2, 0.25) is 0 Å². The number of carbonyl (C=O) groups excluding carboxylic acids is 1. The molecule has 2 N–H and O–H groups in total. The Morgan fingerprint density at radius 3 is 2.60 bits per heavy atom. The van der Waals surface area contributed by atoms with Gasteiger partial charge < -0.3 is 15.2 Å². The first kappa shape index (κ1) is 15.3. The first-order valence-electron chi connectivity index (χ1n) is 7.67. The van der Waals surface area contributed by atoms with Crippen molar-refractivity contribution in [3.8, 4) is 0 Å². The summed E-state index contributed by atoms with van der Waals surface area (Å²) in [5.41, 5.74) is -1.15.